The molecule has 0 saturated carbocycles. The van der Waals surface area contributed by atoms with E-state index in [0.29, 0.717) is 6.04 Å². The van der Waals surface area contributed by atoms with Crippen molar-refractivity contribution in [3.63, 3.8) is 0 Å². The summed E-state index contributed by atoms with van der Waals surface area (Å²) in [5, 5.41) is 7.18. The maximum Gasteiger partial charge on any atom is 0.191 e. The van der Waals surface area contributed by atoms with E-state index in [4.69, 9.17) is 14.2 Å². The first-order chi connectivity index (χ1) is 14.6. The molecule has 1 atom stereocenters. The molecule has 0 amide bonds. The van der Waals surface area contributed by atoms with Crippen LogP contribution >= 0.6 is 35.7 Å². The smallest absolute Gasteiger partial charge is 0.191 e. The van der Waals surface area contributed by atoms with Gasteiger partial charge in [-0.15, -0.1) is 24.0 Å². The number of rotatable bonds is 8. The minimum atomic E-state index is 0. The van der Waals surface area contributed by atoms with E-state index in [-0.39, 0.29) is 28.7 Å². The summed E-state index contributed by atoms with van der Waals surface area (Å²) in [5.74, 6) is 2.56. The van der Waals surface area contributed by atoms with E-state index in [1.54, 1.807) is 14.2 Å². The fourth-order valence-electron chi connectivity index (χ4n) is 4.14. The number of nitrogens with zero attached hydrogens (tertiary/aromatic N) is 2. The van der Waals surface area contributed by atoms with Crippen LogP contribution in [0, 0.1) is 0 Å². The Kier molecular flexibility index (Phi) is 11.0. The average molecular weight is 565 g/mol. The van der Waals surface area contributed by atoms with Crippen LogP contribution < -0.4 is 20.1 Å². The zero-order valence-corrected chi connectivity index (χ0v) is 22.3. The SMILES string of the molecule is CN=C(NCC1(SC)CCOCC1)NC1CCN(Cc2cc(OC)cc(OC)c2)C1.I. The maximum absolute atomic E-state index is 5.55. The van der Waals surface area contributed by atoms with Gasteiger partial charge in [0.05, 0.1) is 14.2 Å². The van der Waals surface area contributed by atoms with E-state index in [1.165, 1.54) is 5.56 Å². The lowest BCUT2D eigenvalue weighted by atomic mass is 9.99. The molecule has 31 heavy (non-hydrogen) atoms. The molecule has 0 aromatic heterocycles. The molecule has 0 spiro atoms. The first-order valence-electron chi connectivity index (χ1n) is 10.6. The molecule has 1 unspecified atom stereocenters. The number of hydrogen-bond donors (Lipinski definition) is 2. The number of thioether (sulfide) groups is 1. The Hall–Kier alpha value is -0.910. The standard InChI is InChI=1S/C22H36N4O3S.HI/c1-23-21(24-16-22(30-4)6-9-29-10-7-22)25-18-5-8-26(15-18)14-17-11-19(27-2)13-20(12-17)28-3;/h11-13,18H,5-10,14-16H2,1-4H3,(H2,23,24,25);1H. The van der Waals surface area contributed by atoms with Crippen LogP contribution in [0.1, 0.15) is 24.8 Å². The van der Waals surface area contributed by atoms with Gasteiger partial charge in [-0.3, -0.25) is 9.89 Å². The normalized spacial score (nSPS) is 21.3. The molecule has 176 valence electrons. The summed E-state index contributed by atoms with van der Waals surface area (Å²) in [6.45, 7) is 5.54. The molecule has 1 aromatic carbocycles. The molecule has 2 aliphatic rings. The van der Waals surface area contributed by atoms with Gasteiger partial charge in [-0.2, -0.15) is 11.8 Å². The van der Waals surface area contributed by atoms with Crippen molar-refractivity contribution in [2.45, 2.75) is 36.6 Å². The summed E-state index contributed by atoms with van der Waals surface area (Å²) < 4.78 is 16.6. The molecular weight excluding hydrogens is 527 g/mol. The zero-order valence-electron chi connectivity index (χ0n) is 19.1. The monoisotopic (exact) mass is 564 g/mol. The highest BCUT2D eigenvalue weighted by atomic mass is 127. The molecule has 0 aliphatic carbocycles. The lowest BCUT2D eigenvalue weighted by Gasteiger charge is -2.36. The van der Waals surface area contributed by atoms with Crippen LogP contribution in [-0.2, 0) is 11.3 Å². The molecule has 0 bridgehead atoms. The summed E-state index contributed by atoms with van der Waals surface area (Å²) in [5.41, 5.74) is 1.20. The molecule has 2 saturated heterocycles. The highest BCUT2D eigenvalue weighted by Gasteiger charge is 2.32. The second kappa shape index (κ2) is 13.0. The van der Waals surface area contributed by atoms with Crippen molar-refractivity contribution in [3.05, 3.63) is 23.8 Å². The van der Waals surface area contributed by atoms with E-state index < -0.39 is 0 Å². The quantitative estimate of drug-likeness (QED) is 0.286. The topological polar surface area (TPSA) is 67.4 Å². The molecule has 3 rings (SSSR count). The second-order valence-electron chi connectivity index (χ2n) is 8.01. The van der Waals surface area contributed by atoms with Crippen LogP contribution in [0.25, 0.3) is 0 Å². The first-order valence-corrected chi connectivity index (χ1v) is 11.9. The van der Waals surface area contributed by atoms with Gasteiger partial charge >= 0.3 is 0 Å². The van der Waals surface area contributed by atoms with Gasteiger partial charge in [0.15, 0.2) is 5.96 Å². The largest absolute Gasteiger partial charge is 0.497 e. The summed E-state index contributed by atoms with van der Waals surface area (Å²) in [6, 6.07) is 6.47. The van der Waals surface area contributed by atoms with Crippen molar-refractivity contribution in [2.24, 2.45) is 4.99 Å². The third-order valence-electron chi connectivity index (χ3n) is 6.07. The lowest BCUT2D eigenvalue weighted by Crippen LogP contribution is -2.50. The number of hydrogen-bond acceptors (Lipinski definition) is 6. The van der Waals surface area contributed by atoms with Gasteiger partial charge in [0.1, 0.15) is 11.5 Å². The lowest BCUT2D eigenvalue weighted by molar-refractivity contribution is 0.0782. The van der Waals surface area contributed by atoms with Gasteiger partial charge in [0, 0.05) is 63.3 Å². The fourth-order valence-corrected chi connectivity index (χ4v) is 4.93. The second-order valence-corrected chi connectivity index (χ2v) is 9.29. The number of methoxy groups -OCH3 is 2. The van der Waals surface area contributed by atoms with Gasteiger partial charge < -0.3 is 24.8 Å². The van der Waals surface area contributed by atoms with Crippen LogP contribution in [0.3, 0.4) is 0 Å². The Bertz CT molecular complexity index is 694. The maximum atomic E-state index is 5.55. The van der Waals surface area contributed by atoms with E-state index in [2.05, 4.69) is 38.9 Å². The van der Waals surface area contributed by atoms with Crippen LogP contribution in [0.5, 0.6) is 11.5 Å². The van der Waals surface area contributed by atoms with Gasteiger partial charge in [-0.25, -0.2) is 0 Å². The third-order valence-corrected chi connectivity index (χ3v) is 7.49. The Morgan fingerprint density at radius 3 is 2.48 bits per heavy atom. The van der Waals surface area contributed by atoms with Gasteiger partial charge in [0.2, 0.25) is 0 Å². The summed E-state index contributed by atoms with van der Waals surface area (Å²) in [7, 11) is 5.23. The highest BCUT2D eigenvalue weighted by Crippen LogP contribution is 2.33. The predicted octanol–water partition coefficient (Wildman–Crippen LogP) is 2.97. The van der Waals surface area contributed by atoms with Crippen LogP contribution in [0.15, 0.2) is 23.2 Å². The van der Waals surface area contributed by atoms with E-state index >= 15 is 0 Å². The number of ether oxygens (including phenoxy) is 3. The Labute approximate surface area is 208 Å². The summed E-state index contributed by atoms with van der Waals surface area (Å²) in [4.78, 5) is 6.92. The van der Waals surface area contributed by atoms with E-state index in [9.17, 15) is 0 Å². The summed E-state index contributed by atoms with van der Waals surface area (Å²) in [6.07, 6.45) is 5.47. The van der Waals surface area contributed by atoms with Crippen molar-refractivity contribution < 1.29 is 14.2 Å². The number of guanidine groups is 1. The molecule has 2 aliphatic heterocycles. The predicted molar refractivity (Wildman–Crippen MR) is 139 cm³/mol. The van der Waals surface area contributed by atoms with Crippen molar-refractivity contribution >= 4 is 41.7 Å². The number of benzene rings is 1. The first kappa shape index (κ1) is 26.3. The number of aliphatic imine (C=N–C) groups is 1. The molecular formula is C22H37IN4O3S. The van der Waals surface area contributed by atoms with Crippen molar-refractivity contribution in [1.29, 1.82) is 0 Å². The molecule has 0 radical (unpaired) electrons. The van der Waals surface area contributed by atoms with Gasteiger partial charge in [0.25, 0.3) is 0 Å². The number of nitrogens with one attached hydrogen (secondary N) is 2. The molecule has 7 nitrogen and oxygen atoms in total. The van der Waals surface area contributed by atoms with Crippen molar-refractivity contribution in [2.75, 3.05) is 60.4 Å². The number of likely N-dealkylation sites (tertiary alicyclic amines) is 1. The van der Waals surface area contributed by atoms with Crippen LogP contribution in [-0.4, -0.2) is 82.0 Å². The zero-order chi connectivity index (χ0) is 21.4. The number of halogens is 1. The van der Waals surface area contributed by atoms with Crippen molar-refractivity contribution in [3.8, 4) is 11.5 Å². The van der Waals surface area contributed by atoms with Gasteiger partial charge in [-0.1, -0.05) is 0 Å². The van der Waals surface area contributed by atoms with Gasteiger partial charge in [-0.05, 0) is 43.2 Å². The fraction of sp³-hybridized carbons (Fsp3) is 0.682. The van der Waals surface area contributed by atoms with Crippen molar-refractivity contribution in [1.82, 2.24) is 15.5 Å². The Morgan fingerprint density at radius 1 is 1.23 bits per heavy atom. The van der Waals surface area contributed by atoms with E-state index in [0.717, 1.165) is 76.1 Å². The highest BCUT2D eigenvalue weighted by molar-refractivity contribution is 14.0. The molecule has 9 heteroatoms. The summed E-state index contributed by atoms with van der Waals surface area (Å²) >= 11 is 1.94. The Balaban J connectivity index is 0.00000341. The molecule has 1 aromatic rings. The minimum Gasteiger partial charge on any atom is -0.497 e. The van der Waals surface area contributed by atoms with E-state index in [1.807, 2.05) is 24.9 Å². The van der Waals surface area contributed by atoms with Crippen LogP contribution in [0.2, 0.25) is 0 Å². The molecule has 2 heterocycles. The minimum absolute atomic E-state index is 0. The Morgan fingerprint density at radius 2 is 1.90 bits per heavy atom. The molecule has 2 fully saturated rings. The molecule has 2 N–H and O–H groups in total. The van der Waals surface area contributed by atoms with Crippen LogP contribution in [0.4, 0.5) is 0 Å². The average Bonchev–Trinajstić information content (AvgIpc) is 3.23. The third kappa shape index (κ3) is 7.57.